The predicted molar refractivity (Wildman–Crippen MR) is 120 cm³/mol. The molecule has 0 spiro atoms. The fourth-order valence-electron chi connectivity index (χ4n) is 3.28. The lowest BCUT2D eigenvalue weighted by molar-refractivity contribution is 0.320. The van der Waals surface area contributed by atoms with Gasteiger partial charge in [-0.25, -0.2) is 0 Å². The van der Waals surface area contributed by atoms with E-state index in [2.05, 4.69) is 27.2 Å². The first kappa shape index (κ1) is 20.1. The van der Waals surface area contributed by atoms with Crippen LogP contribution in [-0.4, -0.2) is 31.4 Å². The van der Waals surface area contributed by atoms with Gasteiger partial charge in [0.05, 0.1) is 10.6 Å². The van der Waals surface area contributed by atoms with Crippen LogP contribution in [-0.2, 0) is 6.54 Å². The summed E-state index contributed by atoms with van der Waals surface area (Å²) >= 11 is 7.64. The maximum Gasteiger partial charge on any atom is 0.160 e. The molecule has 6 nitrogen and oxygen atoms in total. The van der Waals surface area contributed by atoms with Gasteiger partial charge in [0.2, 0.25) is 0 Å². The summed E-state index contributed by atoms with van der Waals surface area (Å²) in [4.78, 5) is 5.74. The Morgan fingerprint density at radius 3 is 2.73 bits per heavy atom. The molecule has 0 atom stereocenters. The van der Waals surface area contributed by atoms with Crippen LogP contribution in [0.3, 0.4) is 0 Å². The Morgan fingerprint density at radius 1 is 1.27 bits per heavy atom. The Hall–Kier alpha value is -3.21. The first-order chi connectivity index (χ1) is 14.5. The molecule has 3 heterocycles. The highest BCUT2D eigenvalue weighted by molar-refractivity contribution is 7.15. The number of rotatable bonds is 2. The number of benzene rings is 1. The number of aryl methyl sites for hydroxylation is 1. The fraction of sp³-hybridized carbons (Fsp3) is 0.182. The van der Waals surface area contributed by atoms with Crippen LogP contribution in [0.5, 0.6) is 0 Å². The molecule has 0 saturated heterocycles. The van der Waals surface area contributed by atoms with E-state index in [4.69, 9.17) is 21.8 Å². The number of oxime groups is 1. The quantitative estimate of drug-likeness (QED) is 0.274. The van der Waals surface area contributed by atoms with Gasteiger partial charge < -0.3 is 5.21 Å². The van der Waals surface area contributed by atoms with E-state index in [9.17, 15) is 0 Å². The van der Waals surface area contributed by atoms with Crippen molar-refractivity contribution >= 4 is 34.4 Å². The van der Waals surface area contributed by atoms with Crippen LogP contribution in [0.4, 0.5) is 0 Å². The van der Waals surface area contributed by atoms with Gasteiger partial charge in [-0.15, -0.1) is 21.5 Å². The zero-order valence-electron chi connectivity index (χ0n) is 16.6. The van der Waals surface area contributed by atoms with Gasteiger partial charge in [0.25, 0.3) is 0 Å². The Labute approximate surface area is 183 Å². The van der Waals surface area contributed by atoms with Crippen LogP contribution in [0.25, 0.3) is 5.00 Å². The van der Waals surface area contributed by atoms with Crippen molar-refractivity contribution in [3.05, 3.63) is 74.7 Å². The van der Waals surface area contributed by atoms with Gasteiger partial charge in [-0.05, 0) is 56.4 Å². The van der Waals surface area contributed by atoms with Crippen molar-refractivity contribution in [2.75, 3.05) is 0 Å². The predicted octanol–water partition coefficient (Wildman–Crippen LogP) is 4.71. The zero-order valence-corrected chi connectivity index (χ0v) is 18.2. The number of halogens is 1. The molecular formula is C22H18ClN5OS. The summed E-state index contributed by atoms with van der Waals surface area (Å²) in [5, 5.41) is 22.6. The van der Waals surface area contributed by atoms with Crippen molar-refractivity contribution in [1.82, 2.24) is 14.8 Å². The molecule has 0 fully saturated rings. The van der Waals surface area contributed by atoms with E-state index in [1.165, 1.54) is 0 Å². The maximum atomic E-state index is 9.14. The van der Waals surface area contributed by atoms with Crippen LogP contribution in [0.1, 0.15) is 40.1 Å². The lowest BCUT2D eigenvalue weighted by atomic mass is 10.00. The Kier molecular flexibility index (Phi) is 5.53. The van der Waals surface area contributed by atoms with Crippen molar-refractivity contribution in [2.45, 2.75) is 27.3 Å². The highest BCUT2D eigenvalue weighted by Gasteiger charge is 2.27. The van der Waals surface area contributed by atoms with Gasteiger partial charge in [0.1, 0.15) is 17.4 Å². The van der Waals surface area contributed by atoms with Gasteiger partial charge in [-0.3, -0.25) is 9.56 Å². The first-order valence-electron chi connectivity index (χ1n) is 9.25. The molecule has 30 heavy (non-hydrogen) atoms. The smallest absolute Gasteiger partial charge is 0.160 e. The third-order valence-corrected chi connectivity index (χ3v) is 6.14. The number of aromatic nitrogens is 3. The molecule has 1 aromatic carbocycles. The third kappa shape index (κ3) is 3.56. The number of nitrogens with zero attached hydrogens (tertiary/aromatic N) is 5. The minimum atomic E-state index is 0.299. The second kappa shape index (κ2) is 8.27. The number of allylic oxidation sites excluding steroid dienone is 2. The summed E-state index contributed by atoms with van der Waals surface area (Å²) in [6.07, 6.45) is 3.43. The van der Waals surface area contributed by atoms with Crippen LogP contribution in [0, 0.1) is 25.7 Å². The minimum absolute atomic E-state index is 0.299. The minimum Gasteiger partial charge on any atom is -0.410 e. The molecule has 0 saturated carbocycles. The lowest BCUT2D eigenvalue weighted by Gasteiger charge is -2.09. The van der Waals surface area contributed by atoms with Crippen LogP contribution in [0.15, 0.2) is 46.6 Å². The van der Waals surface area contributed by atoms with E-state index in [-0.39, 0.29) is 0 Å². The second-order valence-electron chi connectivity index (χ2n) is 6.64. The molecule has 4 rings (SSSR count). The number of fused-ring (bicyclic) bond motifs is 3. The summed E-state index contributed by atoms with van der Waals surface area (Å²) in [7, 11) is 0. The molecule has 1 aliphatic heterocycles. The van der Waals surface area contributed by atoms with E-state index in [0.29, 0.717) is 17.3 Å². The van der Waals surface area contributed by atoms with E-state index >= 15 is 0 Å². The lowest BCUT2D eigenvalue weighted by Crippen LogP contribution is -2.07. The molecular weight excluding hydrogens is 418 g/mol. The largest absolute Gasteiger partial charge is 0.410 e. The van der Waals surface area contributed by atoms with Crippen LogP contribution >= 0.6 is 22.9 Å². The monoisotopic (exact) mass is 435 g/mol. The molecule has 0 aliphatic carbocycles. The Bertz CT molecular complexity index is 1270. The molecule has 0 radical (unpaired) electrons. The average molecular weight is 436 g/mol. The fourth-order valence-corrected chi connectivity index (χ4v) is 4.63. The number of hydrogen-bond acceptors (Lipinski definition) is 6. The van der Waals surface area contributed by atoms with Gasteiger partial charge in [0, 0.05) is 16.1 Å². The standard InChI is InChI=1S/C22H18ClN5OS/c1-4-5-17(27-29)10-11-18-13(2)20-21(15-6-8-16(23)9-7-15)24-12-19-26-25-14(3)28(19)22(20)30-18/h4-9,29H,12H2,1-3H3/b5-4-,27-17+. The number of hydrogen-bond donors (Lipinski definition) is 1. The van der Waals surface area contributed by atoms with E-state index in [0.717, 1.165) is 43.9 Å². The van der Waals surface area contributed by atoms with E-state index in [1.54, 1.807) is 23.5 Å². The third-order valence-electron chi connectivity index (χ3n) is 4.69. The van der Waals surface area contributed by atoms with Crippen molar-refractivity contribution in [3.8, 4) is 16.8 Å². The summed E-state index contributed by atoms with van der Waals surface area (Å²) in [6.45, 7) is 6.23. The molecule has 2 aromatic heterocycles. The van der Waals surface area contributed by atoms with Crippen LogP contribution in [0.2, 0.25) is 5.02 Å². The maximum absolute atomic E-state index is 9.14. The van der Waals surface area contributed by atoms with Crippen molar-refractivity contribution in [1.29, 1.82) is 0 Å². The van der Waals surface area contributed by atoms with Gasteiger partial charge in [-0.2, -0.15) is 0 Å². The molecule has 3 aromatic rings. The summed E-state index contributed by atoms with van der Waals surface area (Å²) in [5.41, 5.74) is 4.16. The molecule has 0 amide bonds. The number of thiophene rings is 1. The van der Waals surface area contributed by atoms with E-state index in [1.807, 2.05) is 49.6 Å². The van der Waals surface area contributed by atoms with Gasteiger partial charge in [-0.1, -0.05) is 35.0 Å². The van der Waals surface area contributed by atoms with Crippen molar-refractivity contribution < 1.29 is 5.21 Å². The SMILES string of the molecule is C/C=C\C(C#Cc1sc2c(c1C)C(c1ccc(Cl)cc1)=NCc1nnc(C)n1-2)=N/O. The molecule has 0 bridgehead atoms. The number of aliphatic imine (C=N–C) groups is 1. The Balaban J connectivity index is 1.93. The molecule has 150 valence electrons. The second-order valence-corrected chi connectivity index (χ2v) is 8.08. The van der Waals surface area contributed by atoms with Crippen molar-refractivity contribution in [3.63, 3.8) is 0 Å². The summed E-state index contributed by atoms with van der Waals surface area (Å²) in [5.74, 6) is 7.65. The highest BCUT2D eigenvalue weighted by Crippen LogP contribution is 2.36. The van der Waals surface area contributed by atoms with Gasteiger partial charge >= 0.3 is 0 Å². The Morgan fingerprint density at radius 2 is 2.03 bits per heavy atom. The topological polar surface area (TPSA) is 75.7 Å². The van der Waals surface area contributed by atoms with Gasteiger partial charge in [0.15, 0.2) is 11.5 Å². The molecule has 8 heteroatoms. The van der Waals surface area contributed by atoms with E-state index < -0.39 is 0 Å². The average Bonchev–Trinajstić information content (AvgIpc) is 3.20. The normalized spacial score (nSPS) is 13.3. The van der Waals surface area contributed by atoms with Crippen molar-refractivity contribution in [2.24, 2.45) is 10.1 Å². The zero-order chi connectivity index (χ0) is 21.3. The molecule has 1 aliphatic rings. The van der Waals surface area contributed by atoms with Crippen LogP contribution < -0.4 is 0 Å². The highest BCUT2D eigenvalue weighted by atomic mass is 35.5. The summed E-state index contributed by atoms with van der Waals surface area (Å²) in [6, 6.07) is 7.65. The first-order valence-corrected chi connectivity index (χ1v) is 10.4. The summed E-state index contributed by atoms with van der Waals surface area (Å²) < 4.78 is 2.04. The molecule has 0 unspecified atom stereocenters. The molecule has 1 N–H and O–H groups in total.